The number of amides is 2. The van der Waals surface area contributed by atoms with Gasteiger partial charge < -0.3 is 19.9 Å². The highest BCUT2D eigenvalue weighted by Crippen LogP contribution is 2.25. The largest absolute Gasteiger partial charge is 0.497 e. The van der Waals surface area contributed by atoms with E-state index >= 15 is 0 Å². The lowest BCUT2D eigenvalue weighted by Crippen LogP contribution is -2.24. The first-order valence-corrected chi connectivity index (χ1v) is 11.4. The Kier molecular flexibility index (Phi) is 8.38. The molecule has 0 aliphatic heterocycles. The zero-order valence-electron chi connectivity index (χ0n) is 17.4. The number of carbonyl (C=O) groups is 2. The van der Waals surface area contributed by atoms with Gasteiger partial charge in [0.05, 0.1) is 29.5 Å². The van der Waals surface area contributed by atoms with Gasteiger partial charge in [0.1, 0.15) is 5.75 Å². The lowest BCUT2D eigenvalue weighted by molar-refractivity contribution is -0.113. The van der Waals surface area contributed by atoms with E-state index in [-0.39, 0.29) is 24.1 Å². The van der Waals surface area contributed by atoms with Crippen molar-refractivity contribution in [3.05, 3.63) is 63.9 Å². The predicted octanol–water partition coefficient (Wildman–Crippen LogP) is 4.27. The number of aromatic nitrogens is 3. The van der Waals surface area contributed by atoms with Gasteiger partial charge in [-0.1, -0.05) is 35.0 Å². The van der Waals surface area contributed by atoms with Crippen molar-refractivity contribution in [2.24, 2.45) is 0 Å². The molecule has 8 nitrogen and oxygen atoms in total. The summed E-state index contributed by atoms with van der Waals surface area (Å²) in [6, 6.07) is 11.7. The highest BCUT2D eigenvalue weighted by atomic mass is 35.5. The standard InChI is InChI=1S/C21H21Cl2N5O3S/c1-3-28-18(11-24-20(30)13-4-7-15(31-2)8-5-13)26-27-21(28)32-12-19(29)25-14-6-9-16(22)17(23)10-14/h4-10H,3,11-12H2,1-2H3,(H,24,30)(H,25,29). The van der Waals surface area contributed by atoms with Crippen molar-refractivity contribution in [1.29, 1.82) is 0 Å². The van der Waals surface area contributed by atoms with E-state index in [1.54, 1.807) is 49.6 Å². The zero-order chi connectivity index (χ0) is 23.1. The molecule has 32 heavy (non-hydrogen) atoms. The van der Waals surface area contributed by atoms with E-state index in [1.165, 1.54) is 11.8 Å². The minimum atomic E-state index is -0.228. The van der Waals surface area contributed by atoms with Gasteiger partial charge in [-0.05, 0) is 49.4 Å². The monoisotopic (exact) mass is 493 g/mol. The molecule has 1 heterocycles. The van der Waals surface area contributed by atoms with Crippen molar-refractivity contribution in [3.63, 3.8) is 0 Å². The summed E-state index contributed by atoms with van der Waals surface area (Å²) in [7, 11) is 1.57. The Morgan fingerprint density at radius 3 is 2.50 bits per heavy atom. The molecule has 2 aromatic carbocycles. The Morgan fingerprint density at radius 1 is 1.09 bits per heavy atom. The maximum Gasteiger partial charge on any atom is 0.251 e. The minimum absolute atomic E-state index is 0.136. The summed E-state index contributed by atoms with van der Waals surface area (Å²) in [5.74, 6) is 0.970. The molecule has 2 N–H and O–H groups in total. The van der Waals surface area contributed by atoms with Gasteiger partial charge in [-0.2, -0.15) is 0 Å². The zero-order valence-corrected chi connectivity index (χ0v) is 19.7. The Balaban J connectivity index is 1.56. The fourth-order valence-electron chi connectivity index (χ4n) is 2.78. The second-order valence-corrected chi connectivity index (χ2v) is 8.28. The van der Waals surface area contributed by atoms with Crippen LogP contribution >= 0.6 is 35.0 Å². The first-order chi connectivity index (χ1) is 15.4. The summed E-state index contributed by atoms with van der Waals surface area (Å²) < 4.78 is 6.95. The Hall–Kier alpha value is -2.75. The third kappa shape index (κ3) is 6.15. The molecule has 0 fully saturated rings. The number of methoxy groups -OCH3 is 1. The lowest BCUT2D eigenvalue weighted by atomic mass is 10.2. The number of benzene rings is 2. The molecule has 2 amide bonds. The number of nitrogens with one attached hydrogen (secondary N) is 2. The molecule has 0 radical (unpaired) electrons. The SMILES string of the molecule is CCn1c(CNC(=O)c2ccc(OC)cc2)nnc1SCC(=O)Nc1ccc(Cl)c(Cl)c1. The molecule has 0 saturated carbocycles. The van der Waals surface area contributed by atoms with Crippen molar-refractivity contribution in [2.75, 3.05) is 18.2 Å². The van der Waals surface area contributed by atoms with E-state index in [0.29, 0.717) is 44.6 Å². The average Bonchev–Trinajstić information content (AvgIpc) is 3.20. The first kappa shape index (κ1) is 23.9. The van der Waals surface area contributed by atoms with Crippen LogP contribution in [0.5, 0.6) is 5.75 Å². The van der Waals surface area contributed by atoms with Crippen LogP contribution in [0.15, 0.2) is 47.6 Å². The van der Waals surface area contributed by atoms with Crippen LogP contribution in [0.25, 0.3) is 0 Å². The van der Waals surface area contributed by atoms with Gasteiger partial charge in [-0.25, -0.2) is 0 Å². The van der Waals surface area contributed by atoms with Gasteiger partial charge in [-0.3, -0.25) is 9.59 Å². The lowest BCUT2D eigenvalue weighted by Gasteiger charge is -2.09. The van der Waals surface area contributed by atoms with E-state index in [1.807, 2.05) is 11.5 Å². The third-order valence-electron chi connectivity index (χ3n) is 4.40. The maximum absolute atomic E-state index is 12.4. The number of ether oxygens (including phenoxy) is 1. The topological polar surface area (TPSA) is 98.1 Å². The summed E-state index contributed by atoms with van der Waals surface area (Å²) in [5, 5.41) is 15.3. The molecule has 0 saturated heterocycles. The van der Waals surface area contributed by atoms with E-state index < -0.39 is 0 Å². The number of hydrogen-bond acceptors (Lipinski definition) is 6. The fraction of sp³-hybridized carbons (Fsp3) is 0.238. The number of anilines is 1. The van der Waals surface area contributed by atoms with Gasteiger partial charge in [-0.15, -0.1) is 10.2 Å². The molecule has 3 aromatic rings. The third-order valence-corrected chi connectivity index (χ3v) is 6.11. The van der Waals surface area contributed by atoms with Gasteiger partial charge in [0.25, 0.3) is 5.91 Å². The van der Waals surface area contributed by atoms with Crippen LogP contribution < -0.4 is 15.4 Å². The number of rotatable bonds is 9. The number of hydrogen-bond donors (Lipinski definition) is 2. The molecule has 0 spiro atoms. The van der Waals surface area contributed by atoms with Gasteiger partial charge in [0.15, 0.2) is 11.0 Å². The van der Waals surface area contributed by atoms with Crippen LogP contribution in [0.2, 0.25) is 10.0 Å². The number of nitrogens with zero attached hydrogens (tertiary/aromatic N) is 3. The molecule has 1 aromatic heterocycles. The van der Waals surface area contributed by atoms with Crippen LogP contribution in [-0.4, -0.2) is 39.4 Å². The molecule has 3 rings (SSSR count). The quantitative estimate of drug-likeness (QED) is 0.431. The van der Waals surface area contributed by atoms with Crippen molar-refractivity contribution in [3.8, 4) is 5.75 Å². The van der Waals surface area contributed by atoms with Crippen LogP contribution in [0.4, 0.5) is 5.69 Å². The normalized spacial score (nSPS) is 10.6. The predicted molar refractivity (Wildman–Crippen MR) is 126 cm³/mol. The maximum atomic E-state index is 12.4. The van der Waals surface area contributed by atoms with Crippen LogP contribution in [0.3, 0.4) is 0 Å². The fourth-order valence-corrected chi connectivity index (χ4v) is 3.90. The van der Waals surface area contributed by atoms with Crippen molar-refractivity contribution < 1.29 is 14.3 Å². The van der Waals surface area contributed by atoms with E-state index in [0.717, 1.165) is 0 Å². The van der Waals surface area contributed by atoms with Crippen molar-refractivity contribution in [2.45, 2.75) is 25.2 Å². The summed E-state index contributed by atoms with van der Waals surface area (Å²) in [5.41, 5.74) is 1.07. The summed E-state index contributed by atoms with van der Waals surface area (Å²) in [6.07, 6.45) is 0. The highest BCUT2D eigenvalue weighted by Gasteiger charge is 2.15. The van der Waals surface area contributed by atoms with E-state index in [4.69, 9.17) is 27.9 Å². The average molecular weight is 494 g/mol. The smallest absolute Gasteiger partial charge is 0.251 e. The number of halogens is 2. The Morgan fingerprint density at radius 2 is 1.84 bits per heavy atom. The number of carbonyl (C=O) groups excluding carboxylic acids is 2. The molecule has 11 heteroatoms. The molecular formula is C21H21Cl2N5O3S. The molecule has 0 atom stereocenters. The van der Waals surface area contributed by atoms with Crippen LogP contribution in [-0.2, 0) is 17.9 Å². The molecule has 168 valence electrons. The van der Waals surface area contributed by atoms with Gasteiger partial charge in [0, 0.05) is 17.8 Å². The summed E-state index contributed by atoms with van der Waals surface area (Å²) in [6.45, 7) is 2.75. The van der Waals surface area contributed by atoms with Gasteiger partial charge >= 0.3 is 0 Å². The van der Waals surface area contributed by atoms with Crippen LogP contribution in [0.1, 0.15) is 23.1 Å². The highest BCUT2D eigenvalue weighted by molar-refractivity contribution is 7.99. The van der Waals surface area contributed by atoms with E-state index in [9.17, 15) is 9.59 Å². The molecular weight excluding hydrogens is 473 g/mol. The Labute approximate surface area is 199 Å². The van der Waals surface area contributed by atoms with Crippen LogP contribution in [0, 0.1) is 0 Å². The summed E-state index contributed by atoms with van der Waals surface area (Å²) in [4.78, 5) is 24.6. The van der Waals surface area contributed by atoms with Gasteiger partial charge in [0.2, 0.25) is 5.91 Å². The number of thioether (sulfide) groups is 1. The Bertz CT molecular complexity index is 1110. The van der Waals surface area contributed by atoms with E-state index in [2.05, 4.69) is 20.8 Å². The molecule has 0 aliphatic rings. The molecule has 0 aliphatic carbocycles. The minimum Gasteiger partial charge on any atom is -0.497 e. The first-order valence-electron chi connectivity index (χ1n) is 9.63. The second kappa shape index (κ2) is 11.2. The van der Waals surface area contributed by atoms with Crippen molar-refractivity contribution in [1.82, 2.24) is 20.1 Å². The summed E-state index contributed by atoms with van der Waals surface area (Å²) >= 11 is 13.1. The van der Waals surface area contributed by atoms with Crippen molar-refractivity contribution >= 4 is 52.5 Å². The molecule has 0 bridgehead atoms. The molecule has 0 unspecified atom stereocenters. The second-order valence-electron chi connectivity index (χ2n) is 6.52.